The fourth-order valence-corrected chi connectivity index (χ4v) is 6.39. The van der Waals surface area contributed by atoms with E-state index in [9.17, 15) is 14.4 Å². The summed E-state index contributed by atoms with van der Waals surface area (Å²) in [6.45, 7) is 6.33. The van der Waals surface area contributed by atoms with Crippen molar-refractivity contribution in [1.29, 1.82) is 0 Å². The van der Waals surface area contributed by atoms with Gasteiger partial charge in [-0.3, -0.25) is 14.8 Å². The number of hydrogen-bond acceptors (Lipinski definition) is 10. The molecular formula is C34H39F2N7O6S. The number of nitrogens with one attached hydrogen (secondary N) is 3. The van der Waals surface area contributed by atoms with Crippen molar-refractivity contribution >= 4 is 45.9 Å². The number of benzene rings is 2. The molecule has 0 aliphatic carbocycles. The average molecular weight is 712 g/mol. The van der Waals surface area contributed by atoms with E-state index in [1.165, 1.54) is 13.3 Å². The molecule has 0 spiro atoms. The number of hydrogen-bond donors (Lipinski definition) is 3. The molecule has 0 bridgehead atoms. The van der Waals surface area contributed by atoms with Crippen LogP contribution in [0, 0.1) is 11.6 Å². The van der Waals surface area contributed by atoms with Crippen molar-refractivity contribution in [2.75, 3.05) is 35.7 Å². The Bertz CT molecular complexity index is 1820. The highest BCUT2D eigenvalue weighted by Gasteiger charge is 2.29. The van der Waals surface area contributed by atoms with Gasteiger partial charge in [-0.2, -0.15) is 5.10 Å². The van der Waals surface area contributed by atoms with E-state index >= 15 is 8.78 Å². The lowest BCUT2D eigenvalue weighted by Crippen LogP contribution is -2.36. The molecule has 0 saturated carbocycles. The van der Waals surface area contributed by atoms with Gasteiger partial charge in [0.1, 0.15) is 45.3 Å². The van der Waals surface area contributed by atoms with Crippen molar-refractivity contribution in [2.45, 2.75) is 58.3 Å². The number of carbonyl (C=O) groups is 3. The summed E-state index contributed by atoms with van der Waals surface area (Å²) in [5, 5.41) is 12.4. The van der Waals surface area contributed by atoms with Crippen LogP contribution in [0.1, 0.15) is 56.1 Å². The molecule has 0 radical (unpaired) electrons. The molecule has 16 heteroatoms. The van der Waals surface area contributed by atoms with Gasteiger partial charge >= 0.3 is 12.2 Å². The Morgan fingerprint density at radius 1 is 1.02 bits per heavy atom. The Hall–Kier alpha value is -5.25. The number of carbonyl (C=O) groups excluding carboxylic acids is 3. The predicted molar refractivity (Wildman–Crippen MR) is 185 cm³/mol. The number of aryl methyl sites for hydroxylation is 1. The Morgan fingerprint density at radius 2 is 1.74 bits per heavy atom. The second kappa shape index (κ2) is 15.5. The van der Waals surface area contributed by atoms with E-state index in [4.69, 9.17) is 14.2 Å². The molecule has 3 N–H and O–H groups in total. The van der Waals surface area contributed by atoms with Crippen LogP contribution in [0.4, 0.5) is 34.9 Å². The molecule has 13 nitrogen and oxygen atoms in total. The highest BCUT2D eigenvalue weighted by atomic mass is 32.1. The smallest absolute Gasteiger partial charge is 0.412 e. The third-order valence-electron chi connectivity index (χ3n) is 7.64. The molecule has 4 aromatic rings. The van der Waals surface area contributed by atoms with E-state index in [-0.39, 0.29) is 34.1 Å². The minimum atomic E-state index is -0.959. The highest BCUT2D eigenvalue weighted by Crippen LogP contribution is 2.38. The number of ether oxygens (including phenoxy) is 3. The van der Waals surface area contributed by atoms with Gasteiger partial charge in [0.25, 0.3) is 5.91 Å². The van der Waals surface area contributed by atoms with Crippen molar-refractivity contribution < 1.29 is 37.4 Å². The number of nitrogens with zero attached hydrogens (tertiary/aromatic N) is 4. The molecule has 1 saturated heterocycles. The van der Waals surface area contributed by atoms with Crippen molar-refractivity contribution in [1.82, 2.24) is 20.1 Å². The number of aromatic nitrogens is 3. The maximum absolute atomic E-state index is 15.0. The molecule has 266 valence electrons. The zero-order chi connectivity index (χ0) is 36.0. The van der Waals surface area contributed by atoms with Crippen LogP contribution in [0.25, 0.3) is 10.6 Å². The fourth-order valence-electron chi connectivity index (χ4n) is 5.39. The molecule has 50 heavy (non-hydrogen) atoms. The Labute approximate surface area is 291 Å². The lowest BCUT2D eigenvalue weighted by Gasteiger charge is -2.24. The second-order valence-corrected chi connectivity index (χ2v) is 13.6. The normalized spacial score (nSPS) is 14.8. The maximum Gasteiger partial charge on any atom is 0.412 e. The van der Waals surface area contributed by atoms with E-state index in [1.807, 2.05) is 35.2 Å². The highest BCUT2D eigenvalue weighted by molar-refractivity contribution is 7.19. The minimum Gasteiger partial charge on any atom is -0.497 e. The number of amides is 3. The Kier molecular flexibility index (Phi) is 11.2. The van der Waals surface area contributed by atoms with Crippen molar-refractivity contribution in [3.05, 3.63) is 71.6 Å². The quantitative estimate of drug-likeness (QED) is 0.172. The molecule has 1 aliphatic rings. The zero-order valence-electron chi connectivity index (χ0n) is 28.3. The topological polar surface area (TPSA) is 149 Å². The molecule has 2 aromatic heterocycles. The lowest BCUT2D eigenvalue weighted by atomic mass is 10.1. The van der Waals surface area contributed by atoms with E-state index in [1.54, 1.807) is 32.5 Å². The summed E-state index contributed by atoms with van der Waals surface area (Å²) in [7, 11) is 3.01. The van der Waals surface area contributed by atoms with E-state index in [0.29, 0.717) is 42.4 Å². The van der Waals surface area contributed by atoms with Crippen LogP contribution >= 0.6 is 11.3 Å². The largest absolute Gasteiger partial charge is 0.497 e. The van der Waals surface area contributed by atoms with Gasteiger partial charge in [-0.05, 0) is 45.6 Å². The third-order valence-corrected chi connectivity index (χ3v) is 8.63. The van der Waals surface area contributed by atoms with Crippen LogP contribution in [0.3, 0.4) is 0 Å². The molecule has 5 rings (SSSR count). The first-order valence-electron chi connectivity index (χ1n) is 15.9. The van der Waals surface area contributed by atoms with Gasteiger partial charge < -0.3 is 29.7 Å². The number of rotatable bonds is 9. The van der Waals surface area contributed by atoms with Gasteiger partial charge in [-0.15, -0.1) is 0 Å². The summed E-state index contributed by atoms with van der Waals surface area (Å²) in [4.78, 5) is 45.3. The zero-order valence-corrected chi connectivity index (χ0v) is 29.2. The first kappa shape index (κ1) is 36.0. The van der Waals surface area contributed by atoms with Gasteiger partial charge in [-0.25, -0.2) is 23.4 Å². The average Bonchev–Trinajstić information content (AvgIpc) is 3.54. The van der Waals surface area contributed by atoms with Gasteiger partial charge in [0.2, 0.25) is 0 Å². The fraction of sp³-hybridized carbons (Fsp3) is 0.382. The molecule has 0 unspecified atom stereocenters. The van der Waals surface area contributed by atoms with E-state index in [0.717, 1.165) is 30.5 Å². The van der Waals surface area contributed by atoms with Crippen molar-refractivity contribution in [3.63, 3.8) is 0 Å². The van der Waals surface area contributed by atoms with Crippen LogP contribution in [0.15, 0.2) is 48.7 Å². The Balaban J connectivity index is 1.32. The molecule has 2 aromatic carbocycles. The van der Waals surface area contributed by atoms with Crippen LogP contribution < -0.4 is 25.6 Å². The lowest BCUT2D eigenvalue weighted by molar-refractivity contribution is 0.0636. The van der Waals surface area contributed by atoms with Gasteiger partial charge in [0.05, 0.1) is 18.9 Å². The summed E-state index contributed by atoms with van der Waals surface area (Å²) in [6, 6.07) is 11.3. The standard InChI is InChI=1S/C34H39F2N7O6S/c1-34(2,3)49-33(46)41-30-27(40-29(50-30)26-23(35)16-22(47-5)17-24(26)36)28(44)39-25-18-37-42(4)31(25)43-14-9-12-21(13-15-43)38-32(45)48-19-20-10-7-6-8-11-20/h6-8,10-11,16-18,21H,9,12-15,19H2,1-5H3,(H,38,45)(H,39,44)(H,41,46)/t21-/m1/s1. The third kappa shape index (κ3) is 9.05. The maximum atomic E-state index is 15.0. The number of thiazole rings is 1. The number of alkyl carbamates (subject to hydrolysis) is 1. The first-order valence-corrected chi connectivity index (χ1v) is 16.7. The first-order chi connectivity index (χ1) is 23.8. The van der Waals surface area contributed by atoms with Crippen LogP contribution in [-0.4, -0.2) is 64.7 Å². The second-order valence-electron chi connectivity index (χ2n) is 12.6. The molecule has 1 atom stereocenters. The van der Waals surface area contributed by atoms with Crippen molar-refractivity contribution in [3.8, 4) is 16.3 Å². The summed E-state index contributed by atoms with van der Waals surface area (Å²) in [6.07, 6.45) is 2.17. The van der Waals surface area contributed by atoms with E-state index in [2.05, 4.69) is 26.0 Å². The van der Waals surface area contributed by atoms with Crippen LogP contribution in [0.2, 0.25) is 0 Å². The SMILES string of the molecule is COc1cc(F)c(-c2nc(C(=O)Nc3cnn(C)c3N3CCC[C@@H](NC(=O)OCc4ccccc4)CC3)c(NC(=O)OC(C)(C)C)s2)c(F)c1. The van der Waals surface area contributed by atoms with Crippen molar-refractivity contribution in [2.24, 2.45) is 7.05 Å². The summed E-state index contributed by atoms with van der Waals surface area (Å²) in [5.41, 5.74) is -0.383. The summed E-state index contributed by atoms with van der Waals surface area (Å²) in [5.74, 6) is -2.10. The molecule has 3 amide bonds. The Morgan fingerprint density at radius 3 is 2.42 bits per heavy atom. The van der Waals surface area contributed by atoms with Crippen LogP contribution in [-0.2, 0) is 23.1 Å². The number of methoxy groups -OCH3 is 1. The number of anilines is 3. The molecular weight excluding hydrogens is 672 g/mol. The minimum absolute atomic E-state index is 0.0342. The van der Waals surface area contributed by atoms with Gasteiger partial charge in [-0.1, -0.05) is 41.7 Å². The van der Waals surface area contributed by atoms with E-state index < -0.39 is 40.9 Å². The molecule has 1 fully saturated rings. The van der Waals surface area contributed by atoms with Gasteiger partial charge in [0, 0.05) is 38.3 Å². The monoisotopic (exact) mass is 711 g/mol. The summed E-state index contributed by atoms with van der Waals surface area (Å²) < 4.78 is 47.4. The molecule has 3 heterocycles. The van der Waals surface area contributed by atoms with Crippen LogP contribution in [0.5, 0.6) is 5.75 Å². The van der Waals surface area contributed by atoms with Gasteiger partial charge in [0.15, 0.2) is 11.5 Å². The number of halogens is 2. The summed E-state index contributed by atoms with van der Waals surface area (Å²) >= 11 is 0.714. The predicted octanol–water partition coefficient (Wildman–Crippen LogP) is 6.72. The molecule has 1 aliphatic heterocycles.